The second-order valence-corrected chi connectivity index (χ2v) is 3.80. The summed E-state index contributed by atoms with van der Waals surface area (Å²) in [5, 5.41) is 13.7. The highest BCUT2D eigenvalue weighted by molar-refractivity contribution is 5.63. The van der Waals surface area contributed by atoms with Crippen molar-refractivity contribution in [3.8, 4) is 0 Å². The largest absolute Gasteiger partial charge is 0.379 e. The van der Waals surface area contributed by atoms with Crippen LogP contribution in [-0.2, 0) is 0 Å². The number of nitro groups is 1. The van der Waals surface area contributed by atoms with Gasteiger partial charge in [-0.2, -0.15) is 0 Å². The molecule has 94 valence electrons. The van der Waals surface area contributed by atoms with Crippen LogP contribution in [0.3, 0.4) is 0 Å². The van der Waals surface area contributed by atoms with Crippen LogP contribution in [-0.4, -0.2) is 18.0 Å². The summed E-state index contributed by atoms with van der Waals surface area (Å²) in [6.07, 6.45) is 1.67. The molecule has 0 saturated carbocycles. The number of nitrogens with zero attached hydrogens (tertiary/aromatic N) is 1. The molecule has 0 unspecified atom stereocenters. The highest BCUT2D eigenvalue weighted by Crippen LogP contribution is 2.27. The predicted molar refractivity (Wildman–Crippen MR) is 64.6 cm³/mol. The topological polar surface area (TPSA) is 81.2 Å². The average molecular weight is 241 g/mol. The van der Waals surface area contributed by atoms with Crippen molar-refractivity contribution in [1.82, 2.24) is 0 Å². The fourth-order valence-electron chi connectivity index (χ4n) is 1.46. The lowest BCUT2D eigenvalue weighted by Crippen LogP contribution is -2.07. The van der Waals surface area contributed by atoms with Gasteiger partial charge in [-0.15, -0.1) is 0 Å². The molecular weight excluding hydrogens is 225 g/mol. The van der Waals surface area contributed by atoms with Gasteiger partial charge in [-0.1, -0.05) is 0 Å². The zero-order chi connectivity index (χ0) is 12.8. The van der Waals surface area contributed by atoms with E-state index in [1.807, 2.05) is 0 Å². The molecule has 17 heavy (non-hydrogen) atoms. The minimum atomic E-state index is -0.589. The number of hydrogen-bond donors (Lipinski definition) is 2. The molecule has 0 bridgehead atoms. The predicted octanol–water partition coefficient (Wildman–Crippen LogP) is 2.19. The van der Waals surface area contributed by atoms with Crippen LogP contribution < -0.4 is 11.1 Å². The van der Waals surface area contributed by atoms with E-state index in [1.54, 1.807) is 6.92 Å². The highest BCUT2D eigenvalue weighted by atomic mass is 19.1. The standard InChI is InChI=1S/C11H16FN3O2/c1-8-6-10(14-5-3-2-4-13)11(15(16)17)7-9(8)12/h6-7,14H,2-5,13H2,1H3. The second-order valence-electron chi connectivity index (χ2n) is 3.80. The quantitative estimate of drug-likeness (QED) is 0.454. The number of hydrogen-bond acceptors (Lipinski definition) is 4. The van der Waals surface area contributed by atoms with E-state index < -0.39 is 10.7 Å². The molecule has 0 heterocycles. The Hall–Kier alpha value is -1.69. The number of nitrogens with one attached hydrogen (secondary N) is 1. The molecule has 1 aromatic rings. The summed E-state index contributed by atoms with van der Waals surface area (Å²) in [6.45, 7) is 2.75. The van der Waals surface area contributed by atoms with Gasteiger partial charge in [0.05, 0.1) is 11.0 Å². The molecule has 1 rings (SSSR count). The second kappa shape index (κ2) is 6.15. The van der Waals surface area contributed by atoms with Crippen LogP contribution in [0.2, 0.25) is 0 Å². The third-order valence-electron chi connectivity index (χ3n) is 2.42. The number of anilines is 1. The van der Waals surface area contributed by atoms with Gasteiger partial charge < -0.3 is 11.1 Å². The average Bonchev–Trinajstić information content (AvgIpc) is 2.28. The minimum absolute atomic E-state index is 0.235. The maximum Gasteiger partial charge on any atom is 0.295 e. The Bertz CT molecular complexity index is 410. The van der Waals surface area contributed by atoms with Gasteiger partial charge in [0, 0.05) is 6.54 Å². The van der Waals surface area contributed by atoms with Gasteiger partial charge in [-0.05, 0) is 37.9 Å². The number of unbranched alkanes of at least 4 members (excludes halogenated alkanes) is 1. The van der Waals surface area contributed by atoms with Gasteiger partial charge in [-0.25, -0.2) is 4.39 Å². The van der Waals surface area contributed by atoms with Crippen LogP contribution in [0.25, 0.3) is 0 Å². The molecule has 0 aliphatic heterocycles. The molecule has 0 aliphatic carbocycles. The smallest absolute Gasteiger partial charge is 0.295 e. The van der Waals surface area contributed by atoms with Crippen molar-refractivity contribution in [2.75, 3.05) is 18.4 Å². The Morgan fingerprint density at radius 1 is 1.47 bits per heavy atom. The molecule has 0 atom stereocenters. The lowest BCUT2D eigenvalue weighted by molar-refractivity contribution is -0.384. The van der Waals surface area contributed by atoms with Crippen LogP contribution in [0.1, 0.15) is 18.4 Å². The van der Waals surface area contributed by atoms with E-state index >= 15 is 0 Å². The summed E-state index contributed by atoms with van der Waals surface area (Å²) < 4.78 is 13.2. The molecule has 6 heteroatoms. The van der Waals surface area contributed by atoms with Gasteiger partial charge in [0.15, 0.2) is 0 Å². The molecule has 0 amide bonds. The number of rotatable bonds is 6. The van der Waals surface area contributed by atoms with E-state index in [-0.39, 0.29) is 5.69 Å². The SMILES string of the molecule is Cc1cc(NCCCCN)c([N+](=O)[O-])cc1F. The molecule has 1 aromatic carbocycles. The minimum Gasteiger partial charge on any atom is -0.379 e. The van der Waals surface area contributed by atoms with Crippen LogP contribution in [0.5, 0.6) is 0 Å². The zero-order valence-electron chi connectivity index (χ0n) is 9.70. The Morgan fingerprint density at radius 3 is 2.76 bits per heavy atom. The Labute approximate surface area is 99.0 Å². The zero-order valence-corrected chi connectivity index (χ0v) is 9.70. The molecule has 0 fully saturated rings. The van der Waals surface area contributed by atoms with E-state index in [0.717, 1.165) is 18.9 Å². The van der Waals surface area contributed by atoms with Crippen molar-refractivity contribution in [2.24, 2.45) is 5.73 Å². The Morgan fingerprint density at radius 2 is 2.18 bits per heavy atom. The summed E-state index contributed by atoms with van der Waals surface area (Å²) in [7, 11) is 0. The molecule has 0 saturated heterocycles. The van der Waals surface area contributed by atoms with Crippen molar-refractivity contribution in [2.45, 2.75) is 19.8 Å². The number of benzene rings is 1. The van der Waals surface area contributed by atoms with E-state index in [9.17, 15) is 14.5 Å². The van der Waals surface area contributed by atoms with Crippen molar-refractivity contribution in [3.05, 3.63) is 33.6 Å². The number of halogens is 1. The highest BCUT2D eigenvalue weighted by Gasteiger charge is 2.16. The summed E-state index contributed by atoms with van der Waals surface area (Å²) in [5.41, 5.74) is 5.85. The summed E-state index contributed by atoms with van der Waals surface area (Å²) in [6, 6.07) is 2.40. The van der Waals surface area contributed by atoms with Crippen LogP contribution in [0, 0.1) is 22.9 Å². The molecule has 0 radical (unpaired) electrons. The van der Waals surface area contributed by atoms with Crippen molar-refractivity contribution < 1.29 is 9.31 Å². The maximum atomic E-state index is 13.2. The first-order chi connectivity index (χ1) is 8.06. The van der Waals surface area contributed by atoms with E-state index in [1.165, 1.54) is 6.07 Å². The summed E-state index contributed by atoms with van der Waals surface area (Å²) in [5.74, 6) is -0.566. The molecule has 3 N–H and O–H groups in total. The fraction of sp³-hybridized carbons (Fsp3) is 0.455. The Kier molecular flexibility index (Phi) is 4.84. The molecule has 5 nitrogen and oxygen atoms in total. The first-order valence-electron chi connectivity index (χ1n) is 5.44. The van der Waals surface area contributed by atoms with E-state index in [2.05, 4.69) is 5.32 Å². The van der Waals surface area contributed by atoms with E-state index in [4.69, 9.17) is 5.73 Å². The number of aryl methyl sites for hydroxylation is 1. The maximum absolute atomic E-state index is 13.2. The van der Waals surface area contributed by atoms with E-state index in [0.29, 0.717) is 24.3 Å². The van der Waals surface area contributed by atoms with Gasteiger partial charge >= 0.3 is 0 Å². The van der Waals surface area contributed by atoms with Gasteiger partial charge in [0.2, 0.25) is 0 Å². The molecule has 0 spiro atoms. The lowest BCUT2D eigenvalue weighted by atomic mass is 10.1. The normalized spacial score (nSPS) is 10.3. The van der Waals surface area contributed by atoms with Crippen molar-refractivity contribution in [1.29, 1.82) is 0 Å². The van der Waals surface area contributed by atoms with Crippen molar-refractivity contribution in [3.63, 3.8) is 0 Å². The monoisotopic (exact) mass is 241 g/mol. The first kappa shape index (κ1) is 13.4. The molecule has 0 aromatic heterocycles. The lowest BCUT2D eigenvalue weighted by Gasteiger charge is -2.08. The van der Waals surface area contributed by atoms with Crippen LogP contribution in [0.4, 0.5) is 15.8 Å². The van der Waals surface area contributed by atoms with Crippen LogP contribution in [0.15, 0.2) is 12.1 Å². The van der Waals surface area contributed by atoms with Gasteiger partial charge in [0.25, 0.3) is 5.69 Å². The van der Waals surface area contributed by atoms with Crippen LogP contribution >= 0.6 is 0 Å². The third-order valence-corrected chi connectivity index (χ3v) is 2.42. The molecular formula is C11H16FN3O2. The Balaban J connectivity index is 2.81. The summed E-state index contributed by atoms with van der Waals surface area (Å²) >= 11 is 0. The first-order valence-corrected chi connectivity index (χ1v) is 5.44. The summed E-state index contributed by atoms with van der Waals surface area (Å²) in [4.78, 5) is 10.2. The van der Waals surface area contributed by atoms with Gasteiger partial charge in [-0.3, -0.25) is 10.1 Å². The number of nitro benzene ring substituents is 1. The van der Waals surface area contributed by atoms with Gasteiger partial charge in [0.1, 0.15) is 11.5 Å². The third kappa shape index (κ3) is 3.67. The van der Waals surface area contributed by atoms with Crippen molar-refractivity contribution >= 4 is 11.4 Å². The fourth-order valence-corrected chi connectivity index (χ4v) is 1.46. The number of nitrogens with two attached hydrogens (primary N) is 1. The molecule has 0 aliphatic rings.